The van der Waals surface area contributed by atoms with E-state index in [1.807, 2.05) is 0 Å². The second-order valence-electron chi connectivity index (χ2n) is 6.29. The summed E-state index contributed by atoms with van der Waals surface area (Å²) in [6, 6.07) is 6.18. The highest BCUT2D eigenvalue weighted by molar-refractivity contribution is 7.89. The molecule has 0 aliphatic heterocycles. The fourth-order valence-corrected chi connectivity index (χ4v) is 4.12. The molecule has 0 atom stereocenters. The third kappa shape index (κ3) is 4.04. The molecule has 142 valence electrons. The lowest BCUT2D eigenvalue weighted by Crippen LogP contribution is -2.28. The molecule has 1 aliphatic rings. The van der Waals surface area contributed by atoms with Gasteiger partial charge in [-0.05, 0) is 49.9 Å². The molecule has 0 N–H and O–H groups in total. The van der Waals surface area contributed by atoms with Crippen LogP contribution in [-0.2, 0) is 16.6 Å². The Labute approximate surface area is 151 Å². The monoisotopic (exact) mass is 385 g/mol. The molecule has 0 saturated heterocycles. The summed E-state index contributed by atoms with van der Waals surface area (Å²) in [6.45, 7) is -3.02. The zero-order valence-electron chi connectivity index (χ0n) is 14.4. The summed E-state index contributed by atoms with van der Waals surface area (Å²) in [4.78, 5) is 3.89. The molecule has 0 spiro atoms. The number of alkyl halides is 2. The van der Waals surface area contributed by atoms with Crippen LogP contribution < -0.4 is 4.74 Å². The molecule has 0 radical (unpaired) electrons. The first kappa shape index (κ1) is 18.8. The topological polar surface area (TPSA) is 64.4 Å². The summed E-state index contributed by atoms with van der Waals surface area (Å²) in [6.07, 6.45) is 6.85. The van der Waals surface area contributed by atoms with Crippen molar-refractivity contribution in [3.63, 3.8) is 0 Å². The third-order valence-corrected chi connectivity index (χ3v) is 6.28. The van der Waals surface area contributed by atoms with Crippen molar-refractivity contribution in [2.45, 2.75) is 49.8 Å². The van der Waals surface area contributed by atoms with E-state index >= 15 is 0 Å². The Morgan fingerprint density at radius 3 is 2.54 bits per heavy atom. The van der Waals surface area contributed by atoms with E-state index in [-0.39, 0.29) is 23.4 Å². The number of rotatable bonds is 7. The summed E-state index contributed by atoms with van der Waals surface area (Å²) in [5.41, 5.74) is 0. The lowest BCUT2D eigenvalue weighted by Gasteiger charge is -2.18. The molecular weight excluding hydrogens is 364 g/mol. The van der Waals surface area contributed by atoms with Crippen molar-refractivity contribution in [2.75, 3.05) is 7.05 Å². The molecule has 0 amide bonds. The van der Waals surface area contributed by atoms with Gasteiger partial charge in [-0.15, -0.1) is 0 Å². The molecule has 9 heteroatoms. The van der Waals surface area contributed by atoms with Gasteiger partial charge in [0, 0.05) is 19.4 Å². The molecule has 2 aromatic rings. The van der Waals surface area contributed by atoms with Gasteiger partial charge in [0.1, 0.15) is 11.6 Å². The number of imidazole rings is 1. The van der Waals surface area contributed by atoms with Gasteiger partial charge in [-0.25, -0.2) is 13.4 Å². The van der Waals surface area contributed by atoms with Gasteiger partial charge in [-0.2, -0.15) is 13.1 Å². The minimum absolute atomic E-state index is 0.0211. The maximum atomic E-state index is 12.9. The minimum Gasteiger partial charge on any atom is -0.490 e. The lowest BCUT2D eigenvalue weighted by molar-refractivity contribution is 0.0658. The van der Waals surface area contributed by atoms with Gasteiger partial charge in [-0.1, -0.05) is 0 Å². The van der Waals surface area contributed by atoms with Gasteiger partial charge in [0.2, 0.25) is 10.0 Å². The summed E-state index contributed by atoms with van der Waals surface area (Å²) in [5, 5.41) is 0. The summed E-state index contributed by atoms with van der Waals surface area (Å²) in [5.74, 6) is 0.610. The Kier molecular flexibility index (Phi) is 5.57. The zero-order chi connectivity index (χ0) is 18.7. The average molecular weight is 385 g/mol. The normalized spacial score (nSPS) is 15.9. The highest BCUT2D eigenvalue weighted by Gasteiger charge is 2.24. The van der Waals surface area contributed by atoms with Gasteiger partial charge in [0.05, 0.1) is 17.5 Å². The number of nitrogens with zero attached hydrogens (tertiary/aromatic N) is 3. The molecule has 1 aromatic carbocycles. The Bertz CT molecular complexity index is 831. The van der Waals surface area contributed by atoms with Crippen LogP contribution >= 0.6 is 0 Å². The summed E-state index contributed by atoms with van der Waals surface area (Å²) in [7, 11) is -2.49. The van der Waals surface area contributed by atoms with Crippen LogP contribution in [0, 0.1) is 0 Å². The predicted octanol–water partition coefficient (Wildman–Crippen LogP) is 3.42. The molecule has 0 unspecified atom stereocenters. The number of aromatic nitrogens is 2. The molecule has 26 heavy (non-hydrogen) atoms. The first-order chi connectivity index (χ1) is 12.4. The Hall–Kier alpha value is -2.00. The highest BCUT2D eigenvalue weighted by atomic mass is 32.2. The first-order valence-electron chi connectivity index (χ1n) is 8.41. The third-order valence-electron chi connectivity index (χ3n) is 4.46. The second kappa shape index (κ2) is 7.71. The van der Waals surface area contributed by atoms with Crippen molar-refractivity contribution in [1.29, 1.82) is 0 Å². The maximum Gasteiger partial charge on any atom is 0.319 e. The molecule has 1 aromatic heterocycles. The van der Waals surface area contributed by atoms with Crippen LogP contribution in [0.5, 0.6) is 5.75 Å². The molecule has 3 rings (SSSR count). The number of hydrogen-bond donors (Lipinski definition) is 0. The van der Waals surface area contributed by atoms with Crippen LogP contribution in [0.3, 0.4) is 0 Å². The van der Waals surface area contributed by atoms with Crippen LogP contribution in [0.25, 0.3) is 0 Å². The number of hydrogen-bond acceptors (Lipinski definition) is 4. The molecule has 1 saturated carbocycles. The van der Waals surface area contributed by atoms with Gasteiger partial charge < -0.3 is 4.74 Å². The SMILES string of the molecule is CN(Cc1nccn1C(F)F)S(=O)(=O)c1ccc(OC2CCCC2)cc1. The Balaban J connectivity index is 1.71. The van der Waals surface area contributed by atoms with Crippen molar-refractivity contribution in [2.24, 2.45) is 0 Å². The van der Waals surface area contributed by atoms with Crippen LogP contribution in [0.2, 0.25) is 0 Å². The highest BCUT2D eigenvalue weighted by Crippen LogP contribution is 2.26. The van der Waals surface area contributed by atoms with E-state index in [9.17, 15) is 17.2 Å². The van der Waals surface area contributed by atoms with E-state index in [1.165, 1.54) is 25.4 Å². The number of halogens is 2. The van der Waals surface area contributed by atoms with Crippen molar-refractivity contribution >= 4 is 10.0 Å². The number of benzene rings is 1. The van der Waals surface area contributed by atoms with Gasteiger partial charge in [-0.3, -0.25) is 4.57 Å². The molecule has 1 heterocycles. The van der Waals surface area contributed by atoms with E-state index in [2.05, 4.69) is 4.98 Å². The van der Waals surface area contributed by atoms with Gasteiger partial charge in [0.25, 0.3) is 0 Å². The van der Waals surface area contributed by atoms with E-state index in [0.29, 0.717) is 10.3 Å². The fraction of sp³-hybridized carbons (Fsp3) is 0.471. The second-order valence-corrected chi connectivity index (χ2v) is 8.33. The van der Waals surface area contributed by atoms with Crippen molar-refractivity contribution in [3.8, 4) is 5.75 Å². The van der Waals surface area contributed by atoms with Crippen LogP contribution in [0.1, 0.15) is 38.1 Å². The molecule has 6 nitrogen and oxygen atoms in total. The average Bonchev–Trinajstić information content (AvgIpc) is 3.27. The maximum absolute atomic E-state index is 12.9. The van der Waals surface area contributed by atoms with Gasteiger partial charge in [0.15, 0.2) is 0 Å². The lowest BCUT2D eigenvalue weighted by atomic mass is 10.3. The van der Waals surface area contributed by atoms with Gasteiger partial charge >= 0.3 is 6.55 Å². The fourth-order valence-electron chi connectivity index (χ4n) is 3.00. The number of ether oxygens (including phenoxy) is 1. The largest absolute Gasteiger partial charge is 0.490 e. The smallest absolute Gasteiger partial charge is 0.319 e. The summed E-state index contributed by atoms with van der Waals surface area (Å²) < 4.78 is 58.5. The van der Waals surface area contributed by atoms with E-state index in [4.69, 9.17) is 4.74 Å². The van der Waals surface area contributed by atoms with Crippen molar-refractivity contribution < 1.29 is 21.9 Å². The quantitative estimate of drug-likeness (QED) is 0.733. The van der Waals surface area contributed by atoms with E-state index in [1.54, 1.807) is 12.1 Å². The van der Waals surface area contributed by atoms with Crippen molar-refractivity contribution in [3.05, 3.63) is 42.5 Å². The van der Waals surface area contributed by atoms with Crippen LogP contribution in [0.4, 0.5) is 8.78 Å². The van der Waals surface area contributed by atoms with Crippen LogP contribution in [-0.4, -0.2) is 35.4 Å². The molecule has 0 bridgehead atoms. The summed E-state index contributed by atoms with van der Waals surface area (Å²) >= 11 is 0. The zero-order valence-corrected chi connectivity index (χ0v) is 15.2. The minimum atomic E-state index is -3.82. The van der Waals surface area contributed by atoms with E-state index in [0.717, 1.165) is 36.2 Å². The number of sulfonamides is 1. The molecule has 1 fully saturated rings. The predicted molar refractivity (Wildman–Crippen MR) is 91.5 cm³/mol. The van der Waals surface area contributed by atoms with Crippen LogP contribution in [0.15, 0.2) is 41.6 Å². The Morgan fingerprint density at radius 2 is 1.92 bits per heavy atom. The van der Waals surface area contributed by atoms with Crippen molar-refractivity contribution in [1.82, 2.24) is 13.9 Å². The standard InChI is InChI=1S/C17H21F2N3O3S/c1-21(12-16-20-10-11-22(16)17(18)19)26(23,24)15-8-6-14(7-9-15)25-13-4-2-3-5-13/h6-11,13,17H,2-5,12H2,1H3. The molecule has 1 aliphatic carbocycles. The first-order valence-corrected chi connectivity index (χ1v) is 9.85. The Morgan fingerprint density at radius 1 is 1.27 bits per heavy atom. The van der Waals surface area contributed by atoms with E-state index < -0.39 is 16.6 Å². The molecular formula is C17H21F2N3O3S.